The summed E-state index contributed by atoms with van der Waals surface area (Å²) in [6, 6.07) is 9.53. The van der Waals surface area contributed by atoms with Crippen molar-refractivity contribution in [2.75, 3.05) is 11.5 Å². The van der Waals surface area contributed by atoms with Crippen molar-refractivity contribution in [2.24, 2.45) is 0 Å². The third kappa shape index (κ3) is 2.57. The minimum atomic E-state index is -0.821. The highest BCUT2D eigenvalue weighted by Gasteiger charge is 2.44. The van der Waals surface area contributed by atoms with Crippen LogP contribution in [-0.2, 0) is 14.3 Å². The number of nitrogens with zero attached hydrogens (tertiary/aromatic N) is 1. The van der Waals surface area contributed by atoms with Crippen molar-refractivity contribution in [3.05, 3.63) is 76.0 Å². The zero-order valence-corrected chi connectivity index (χ0v) is 14.1. The molecule has 2 aromatic rings. The maximum atomic E-state index is 14.4. The van der Waals surface area contributed by atoms with Gasteiger partial charge in [0.05, 0.1) is 11.3 Å². The fourth-order valence-corrected chi connectivity index (χ4v) is 3.73. The number of carbonyl (C=O) groups is 2. The first kappa shape index (κ1) is 16.7. The van der Waals surface area contributed by atoms with Crippen LogP contribution in [0.25, 0.3) is 0 Å². The molecule has 4 rings (SSSR count). The van der Waals surface area contributed by atoms with Crippen molar-refractivity contribution in [2.45, 2.75) is 12.3 Å². The van der Waals surface area contributed by atoms with Crippen molar-refractivity contribution in [1.29, 1.82) is 0 Å². The Bertz CT molecular complexity index is 936. The van der Waals surface area contributed by atoms with Gasteiger partial charge in [0.15, 0.2) is 0 Å². The van der Waals surface area contributed by atoms with Crippen molar-refractivity contribution in [3.8, 4) is 0 Å². The van der Waals surface area contributed by atoms with Gasteiger partial charge in [-0.2, -0.15) is 0 Å². The lowest BCUT2D eigenvalue weighted by Gasteiger charge is -2.32. The van der Waals surface area contributed by atoms with Crippen LogP contribution in [0.3, 0.4) is 0 Å². The van der Waals surface area contributed by atoms with Crippen LogP contribution in [0.5, 0.6) is 0 Å². The van der Waals surface area contributed by atoms with Gasteiger partial charge in [0.25, 0.3) is 0 Å². The third-order valence-corrected chi connectivity index (χ3v) is 4.88. The second kappa shape index (κ2) is 6.21. The maximum absolute atomic E-state index is 14.4. The van der Waals surface area contributed by atoms with Gasteiger partial charge in [0, 0.05) is 28.6 Å². The average molecular weight is 376 g/mol. The van der Waals surface area contributed by atoms with E-state index in [2.05, 4.69) is 0 Å². The zero-order valence-electron chi connectivity index (χ0n) is 13.3. The molecular weight excluding hydrogens is 364 g/mol. The number of amides is 1. The van der Waals surface area contributed by atoms with E-state index in [1.807, 2.05) is 0 Å². The molecule has 26 heavy (non-hydrogen) atoms. The summed E-state index contributed by atoms with van der Waals surface area (Å²) in [5.41, 5.74) is 1.07. The lowest BCUT2D eigenvalue weighted by Crippen LogP contribution is -2.37. The topological polar surface area (TPSA) is 46.6 Å². The smallest absolute Gasteiger partial charge is 0.336 e. The Morgan fingerprint density at radius 2 is 1.81 bits per heavy atom. The Hall–Kier alpha value is -2.73. The number of hydrogen-bond donors (Lipinski definition) is 0. The van der Waals surface area contributed by atoms with E-state index < -0.39 is 23.5 Å². The second-order valence-electron chi connectivity index (χ2n) is 6.03. The third-order valence-electron chi connectivity index (χ3n) is 4.55. The Balaban J connectivity index is 1.87. The van der Waals surface area contributed by atoms with E-state index in [4.69, 9.17) is 16.3 Å². The molecule has 0 N–H and O–H groups in total. The summed E-state index contributed by atoms with van der Waals surface area (Å²) in [7, 11) is 0. The number of rotatable bonds is 2. The molecule has 0 unspecified atom stereocenters. The molecule has 0 aliphatic carbocycles. The van der Waals surface area contributed by atoms with Gasteiger partial charge >= 0.3 is 5.97 Å². The van der Waals surface area contributed by atoms with E-state index in [1.54, 1.807) is 0 Å². The Kier molecular flexibility index (Phi) is 4.00. The van der Waals surface area contributed by atoms with Crippen LogP contribution in [0, 0.1) is 11.6 Å². The predicted molar refractivity (Wildman–Crippen MR) is 90.6 cm³/mol. The van der Waals surface area contributed by atoms with Crippen LogP contribution in [0.4, 0.5) is 14.5 Å². The van der Waals surface area contributed by atoms with E-state index in [0.717, 1.165) is 0 Å². The van der Waals surface area contributed by atoms with E-state index in [1.165, 1.54) is 47.4 Å². The second-order valence-corrected chi connectivity index (χ2v) is 6.44. The van der Waals surface area contributed by atoms with Crippen LogP contribution in [0.2, 0.25) is 5.02 Å². The lowest BCUT2D eigenvalue weighted by molar-refractivity contribution is -0.136. The Morgan fingerprint density at radius 1 is 1.08 bits per heavy atom. The van der Waals surface area contributed by atoms with E-state index in [0.29, 0.717) is 11.4 Å². The quantitative estimate of drug-likeness (QED) is 0.747. The summed E-state index contributed by atoms with van der Waals surface area (Å²) in [5, 5.41) is 0.143. The number of hydrogen-bond acceptors (Lipinski definition) is 3. The summed E-state index contributed by atoms with van der Waals surface area (Å²) < 4.78 is 32.7. The normalized spacial score (nSPS) is 19.7. The molecule has 0 bridgehead atoms. The fourth-order valence-electron chi connectivity index (χ4n) is 3.43. The minimum absolute atomic E-state index is 0.104. The van der Waals surface area contributed by atoms with Gasteiger partial charge in [0.1, 0.15) is 18.2 Å². The summed E-state index contributed by atoms with van der Waals surface area (Å²) in [5.74, 6) is -2.81. The molecule has 0 fully saturated rings. The molecule has 0 aromatic heterocycles. The van der Waals surface area contributed by atoms with Gasteiger partial charge in [-0.25, -0.2) is 13.6 Å². The zero-order chi connectivity index (χ0) is 18.4. The molecule has 0 saturated carbocycles. The van der Waals surface area contributed by atoms with Crippen LogP contribution in [-0.4, -0.2) is 18.5 Å². The summed E-state index contributed by atoms with van der Waals surface area (Å²) >= 11 is 6.14. The fraction of sp³-hybridized carbons (Fsp3) is 0.158. The van der Waals surface area contributed by atoms with Gasteiger partial charge in [-0.15, -0.1) is 0 Å². The average Bonchev–Trinajstić information content (AvgIpc) is 2.98. The highest BCUT2D eigenvalue weighted by Crippen LogP contribution is 2.44. The molecule has 0 radical (unpaired) electrons. The first-order valence-electron chi connectivity index (χ1n) is 7.90. The number of carbonyl (C=O) groups excluding carboxylic acids is 2. The predicted octanol–water partition coefficient (Wildman–Crippen LogP) is 3.95. The van der Waals surface area contributed by atoms with Crippen molar-refractivity contribution < 1.29 is 23.1 Å². The number of ether oxygens (including phenoxy) is 1. The summed E-state index contributed by atoms with van der Waals surface area (Å²) in [6.07, 6.45) is -0.147. The Labute approximate surface area is 152 Å². The molecule has 1 atom stereocenters. The molecular formula is C19H12ClF2NO3. The van der Waals surface area contributed by atoms with Gasteiger partial charge in [-0.05, 0) is 36.4 Å². The first-order valence-corrected chi connectivity index (χ1v) is 8.27. The number of benzene rings is 2. The van der Waals surface area contributed by atoms with E-state index in [-0.39, 0.29) is 35.1 Å². The molecule has 2 aliphatic rings. The van der Waals surface area contributed by atoms with Crippen LogP contribution >= 0.6 is 11.6 Å². The molecule has 2 aromatic carbocycles. The highest BCUT2D eigenvalue weighted by molar-refractivity contribution is 6.31. The van der Waals surface area contributed by atoms with Gasteiger partial charge in [-0.1, -0.05) is 17.7 Å². The molecule has 0 spiro atoms. The molecule has 0 saturated heterocycles. The summed E-state index contributed by atoms with van der Waals surface area (Å²) in [6.45, 7) is -0.111. The van der Waals surface area contributed by atoms with Crippen LogP contribution in [0.1, 0.15) is 17.9 Å². The molecule has 132 valence electrons. The SMILES string of the molecule is O=C1OCC2=C1[C@H](c1c(F)cccc1Cl)CC(=O)N2c1ccc(F)cc1. The van der Waals surface area contributed by atoms with Crippen molar-refractivity contribution >= 4 is 29.2 Å². The van der Waals surface area contributed by atoms with Crippen molar-refractivity contribution in [3.63, 3.8) is 0 Å². The number of halogens is 3. The van der Waals surface area contributed by atoms with E-state index >= 15 is 0 Å². The molecule has 4 nitrogen and oxygen atoms in total. The number of esters is 1. The van der Waals surface area contributed by atoms with E-state index in [9.17, 15) is 18.4 Å². The maximum Gasteiger partial charge on any atom is 0.336 e. The lowest BCUT2D eigenvalue weighted by atomic mass is 9.83. The standard InChI is InChI=1S/C19H12ClF2NO3/c20-13-2-1-3-14(22)17(13)12-8-16(24)23(11-6-4-10(21)5-7-11)15-9-26-19(25)18(12)15/h1-7,12H,8-9H2/t12-/m0/s1. The van der Waals surface area contributed by atoms with Crippen molar-refractivity contribution in [1.82, 2.24) is 0 Å². The monoisotopic (exact) mass is 375 g/mol. The molecule has 7 heteroatoms. The number of anilines is 1. The van der Waals surface area contributed by atoms with Gasteiger partial charge in [-0.3, -0.25) is 9.69 Å². The molecule has 2 aliphatic heterocycles. The largest absolute Gasteiger partial charge is 0.456 e. The highest BCUT2D eigenvalue weighted by atomic mass is 35.5. The molecule has 1 amide bonds. The van der Waals surface area contributed by atoms with Crippen LogP contribution < -0.4 is 4.90 Å². The minimum Gasteiger partial charge on any atom is -0.456 e. The first-order chi connectivity index (χ1) is 12.5. The number of cyclic esters (lactones) is 1. The summed E-state index contributed by atoms with van der Waals surface area (Å²) in [4.78, 5) is 26.4. The van der Waals surface area contributed by atoms with Gasteiger partial charge in [0.2, 0.25) is 5.91 Å². The van der Waals surface area contributed by atoms with Crippen LogP contribution in [0.15, 0.2) is 53.7 Å². The molecule has 2 heterocycles. The Morgan fingerprint density at radius 3 is 2.50 bits per heavy atom. The van der Waals surface area contributed by atoms with Gasteiger partial charge < -0.3 is 4.74 Å².